The van der Waals surface area contributed by atoms with Crippen LogP contribution >= 0.6 is 0 Å². The molecule has 1 aromatic rings. The van der Waals surface area contributed by atoms with E-state index in [1.54, 1.807) is 6.20 Å². The van der Waals surface area contributed by atoms with E-state index >= 15 is 0 Å². The van der Waals surface area contributed by atoms with Crippen LogP contribution < -0.4 is 0 Å². The number of carbonyl (C=O) groups excluding carboxylic acids is 1. The standard InChI is InChI=1S/C8H12N2O/c1-2-5-10-6-4-9-8(10)3-7-11/h4,6-7H,2-3,5H2,1H3. The lowest BCUT2D eigenvalue weighted by Gasteiger charge is -2.01. The number of hydrogen-bond donors (Lipinski definition) is 0. The first kappa shape index (κ1) is 7.98. The van der Waals surface area contributed by atoms with Crippen LogP contribution in [0.15, 0.2) is 12.4 Å². The largest absolute Gasteiger partial charge is 0.335 e. The molecule has 0 N–H and O–H groups in total. The van der Waals surface area contributed by atoms with E-state index < -0.39 is 0 Å². The van der Waals surface area contributed by atoms with Gasteiger partial charge in [0.05, 0.1) is 6.42 Å². The van der Waals surface area contributed by atoms with Crippen LogP contribution in [-0.4, -0.2) is 15.8 Å². The minimum absolute atomic E-state index is 0.424. The first-order valence-electron chi connectivity index (χ1n) is 3.82. The van der Waals surface area contributed by atoms with Gasteiger partial charge in [0.15, 0.2) is 0 Å². The summed E-state index contributed by atoms with van der Waals surface area (Å²) >= 11 is 0. The summed E-state index contributed by atoms with van der Waals surface area (Å²) in [6.07, 6.45) is 6.01. The minimum Gasteiger partial charge on any atom is -0.335 e. The molecule has 0 aromatic carbocycles. The number of carbonyl (C=O) groups is 1. The molecule has 1 aromatic heterocycles. The number of aryl methyl sites for hydroxylation is 1. The molecule has 3 heteroatoms. The Balaban J connectivity index is 2.69. The third kappa shape index (κ3) is 1.90. The van der Waals surface area contributed by atoms with Gasteiger partial charge in [-0.05, 0) is 6.42 Å². The van der Waals surface area contributed by atoms with Crippen molar-refractivity contribution in [2.24, 2.45) is 0 Å². The van der Waals surface area contributed by atoms with E-state index in [1.165, 1.54) is 0 Å². The van der Waals surface area contributed by atoms with Crippen molar-refractivity contribution >= 4 is 6.29 Å². The van der Waals surface area contributed by atoms with Gasteiger partial charge in [-0.1, -0.05) is 6.92 Å². The van der Waals surface area contributed by atoms with Gasteiger partial charge in [0.1, 0.15) is 12.1 Å². The van der Waals surface area contributed by atoms with Crippen molar-refractivity contribution in [3.8, 4) is 0 Å². The molecule has 0 spiro atoms. The molecule has 1 rings (SSSR count). The summed E-state index contributed by atoms with van der Waals surface area (Å²) in [5.41, 5.74) is 0. The number of aldehydes is 1. The van der Waals surface area contributed by atoms with Gasteiger partial charge in [-0.25, -0.2) is 4.98 Å². The van der Waals surface area contributed by atoms with E-state index in [0.717, 1.165) is 25.1 Å². The van der Waals surface area contributed by atoms with E-state index in [1.807, 2.05) is 10.8 Å². The number of nitrogens with zero attached hydrogens (tertiary/aromatic N) is 2. The monoisotopic (exact) mass is 152 g/mol. The summed E-state index contributed by atoms with van der Waals surface area (Å²) < 4.78 is 2.01. The molecule has 1 heterocycles. The molecule has 60 valence electrons. The summed E-state index contributed by atoms with van der Waals surface area (Å²) in [4.78, 5) is 14.2. The van der Waals surface area contributed by atoms with Gasteiger partial charge in [-0.3, -0.25) is 0 Å². The molecule has 0 radical (unpaired) electrons. The summed E-state index contributed by atoms with van der Waals surface area (Å²) in [5.74, 6) is 0.863. The fourth-order valence-corrected chi connectivity index (χ4v) is 1.05. The van der Waals surface area contributed by atoms with Crippen molar-refractivity contribution in [1.82, 2.24) is 9.55 Å². The van der Waals surface area contributed by atoms with Crippen LogP contribution in [0.5, 0.6) is 0 Å². The number of imidazole rings is 1. The Bertz CT molecular complexity index is 230. The zero-order chi connectivity index (χ0) is 8.10. The van der Waals surface area contributed by atoms with E-state index in [4.69, 9.17) is 0 Å². The molecule has 0 bridgehead atoms. The van der Waals surface area contributed by atoms with Crippen LogP contribution in [-0.2, 0) is 17.8 Å². The quantitative estimate of drug-likeness (QED) is 0.604. The van der Waals surface area contributed by atoms with Gasteiger partial charge in [-0.2, -0.15) is 0 Å². The van der Waals surface area contributed by atoms with Crippen molar-refractivity contribution in [3.05, 3.63) is 18.2 Å². The van der Waals surface area contributed by atoms with Crippen LogP contribution in [0.1, 0.15) is 19.2 Å². The van der Waals surface area contributed by atoms with E-state index in [9.17, 15) is 4.79 Å². The second-order valence-electron chi connectivity index (χ2n) is 2.41. The number of hydrogen-bond acceptors (Lipinski definition) is 2. The lowest BCUT2D eigenvalue weighted by molar-refractivity contribution is -0.107. The average molecular weight is 152 g/mol. The van der Waals surface area contributed by atoms with Crippen molar-refractivity contribution in [3.63, 3.8) is 0 Å². The van der Waals surface area contributed by atoms with Gasteiger partial charge in [0.2, 0.25) is 0 Å². The topological polar surface area (TPSA) is 34.9 Å². The number of rotatable bonds is 4. The Morgan fingerprint density at radius 1 is 1.73 bits per heavy atom. The van der Waals surface area contributed by atoms with Crippen LogP contribution in [0.25, 0.3) is 0 Å². The minimum atomic E-state index is 0.424. The molecule has 0 aliphatic rings. The Labute approximate surface area is 66.1 Å². The third-order valence-corrected chi connectivity index (χ3v) is 1.53. The molecule has 0 saturated carbocycles. The van der Waals surface area contributed by atoms with Crippen molar-refractivity contribution < 1.29 is 4.79 Å². The maximum atomic E-state index is 10.2. The molecular weight excluding hydrogens is 140 g/mol. The Morgan fingerprint density at radius 3 is 3.18 bits per heavy atom. The maximum Gasteiger partial charge on any atom is 0.127 e. The molecule has 0 aliphatic heterocycles. The van der Waals surface area contributed by atoms with Crippen molar-refractivity contribution in [2.75, 3.05) is 0 Å². The Kier molecular flexibility index (Phi) is 2.83. The van der Waals surface area contributed by atoms with Crippen LogP contribution in [0.4, 0.5) is 0 Å². The van der Waals surface area contributed by atoms with Gasteiger partial charge < -0.3 is 9.36 Å². The van der Waals surface area contributed by atoms with E-state index in [-0.39, 0.29) is 0 Å². The average Bonchev–Trinajstić information content (AvgIpc) is 2.39. The maximum absolute atomic E-state index is 10.2. The van der Waals surface area contributed by atoms with Crippen LogP contribution in [0.3, 0.4) is 0 Å². The van der Waals surface area contributed by atoms with E-state index in [2.05, 4.69) is 11.9 Å². The normalized spacial score (nSPS) is 9.91. The highest BCUT2D eigenvalue weighted by Gasteiger charge is 1.98. The zero-order valence-electron chi connectivity index (χ0n) is 6.66. The molecule has 3 nitrogen and oxygen atoms in total. The van der Waals surface area contributed by atoms with Gasteiger partial charge in [0, 0.05) is 18.9 Å². The molecule has 0 aliphatic carbocycles. The molecule has 0 atom stereocenters. The fraction of sp³-hybridized carbons (Fsp3) is 0.500. The molecule has 11 heavy (non-hydrogen) atoms. The molecule has 0 fully saturated rings. The van der Waals surface area contributed by atoms with Gasteiger partial charge >= 0.3 is 0 Å². The first-order chi connectivity index (χ1) is 5.38. The Hall–Kier alpha value is -1.12. The number of aromatic nitrogens is 2. The molecular formula is C8H12N2O. The lowest BCUT2D eigenvalue weighted by Crippen LogP contribution is -2.02. The highest BCUT2D eigenvalue weighted by molar-refractivity contribution is 5.52. The van der Waals surface area contributed by atoms with Gasteiger partial charge in [0.25, 0.3) is 0 Å². The molecule has 0 amide bonds. The summed E-state index contributed by atoms with van der Waals surface area (Å²) in [7, 11) is 0. The molecule has 0 saturated heterocycles. The predicted octanol–water partition coefficient (Wildman–Crippen LogP) is 1.03. The predicted molar refractivity (Wildman–Crippen MR) is 42.3 cm³/mol. The van der Waals surface area contributed by atoms with Crippen molar-refractivity contribution in [1.29, 1.82) is 0 Å². The summed E-state index contributed by atoms with van der Waals surface area (Å²) in [6.45, 7) is 3.05. The first-order valence-corrected chi connectivity index (χ1v) is 3.82. The second-order valence-corrected chi connectivity index (χ2v) is 2.41. The second kappa shape index (κ2) is 3.91. The van der Waals surface area contributed by atoms with Gasteiger partial charge in [-0.15, -0.1) is 0 Å². The van der Waals surface area contributed by atoms with Crippen LogP contribution in [0.2, 0.25) is 0 Å². The SMILES string of the molecule is CCCn1ccnc1CC=O. The summed E-state index contributed by atoms with van der Waals surface area (Å²) in [6, 6.07) is 0. The highest BCUT2D eigenvalue weighted by atomic mass is 16.1. The third-order valence-electron chi connectivity index (χ3n) is 1.53. The fourth-order valence-electron chi connectivity index (χ4n) is 1.05. The zero-order valence-corrected chi connectivity index (χ0v) is 6.66. The Morgan fingerprint density at radius 2 is 2.55 bits per heavy atom. The van der Waals surface area contributed by atoms with Crippen LogP contribution in [0, 0.1) is 0 Å². The molecule has 0 unspecified atom stereocenters. The summed E-state index contributed by atoms with van der Waals surface area (Å²) in [5, 5.41) is 0. The smallest absolute Gasteiger partial charge is 0.127 e. The van der Waals surface area contributed by atoms with E-state index in [0.29, 0.717) is 6.42 Å². The van der Waals surface area contributed by atoms with Crippen molar-refractivity contribution in [2.45, 2.75) is 26.3 Å². The lowest BCUT2D eigenvalue weighted by atomic mass is 10.4. The highest BCUT2D eigenvalue weighted by Crippen LogP contribution is 1.98.